The molecule has 1 amide bonds. The van der Waals surface area contributed by atoms with Crippen molar-refractivity contribution in [3.63, 3.8) is 0 Å². The molecule has 0 aliphatic rings. The van der Waals surface area contributed by atoms with Gasteiger partial charge in [0.05, 0.1) is 13.1 Å². The van der Waals surface area contributed by atoms with Crippen molar-refractivity contribution in [2.24, 2.45) is 4.99 Å². The van der Waals surface area contributed by atoms with Crippen LogP contribution in [0, 0.1) is 0 Å². The summed E-state index contributed by atoms with van der Waals surface area (Å²) in [7, 11) is 1.65. The number of rotatable bonds is 4. The smallest absolute Gasteiger partial charge is 0.239 e. The minimum Gasteiger partial charge on any atom is -0.350 e. The molecular weight excluding hydrogens is 294 g/mol. The van der Waals surface area contributed by atoms with E-state index in [1.165, 1.54) is 0 Å². The van der Waals surface area contributed by atoms with Crippen LogP contribution in [0.2, 0.25) is 0 Å². The first-order valence-corrected chi connectivity index (χ1v) is 7.43. The van der Waals surface area contributed by atoms with E-state index < -0.39 is 0 Å². The van der Waals surface area contributed by atoms with Gasteiger partial charge in [-0.1, -0.05) is 6.07 Å². The Labute approximate surface area is 135 Å². The third kappa shape index (κ3) is 4.94. The quantitative estimate of drug-likeness (QED) is 0.557. The van der Waals surface area contributed by atoms with Crippen LogP contribution in [0.15, 0.2) is 29.4 Å². The van der Waals surface area contributed by atoms with Crippen LogP contribution in [0.3, 0.4) is 0 Å². The van der Waals surface area contributed by atoms with E-state index in [2.05, 4.69) is 31.1 Å². The Balaban J connectivity index is 1.87. The number of pyridine rings is 1. The lowest BCUT2D eigenvalue weighted by molar-refractivity contribution is -0.121. The van der Waals surface area contributed by atoms with Crippen molar-refractivity contribution < 1.29 is 4.79 Å². The normalized spacial score (nSPS) is 12.3. The Kier molecular flexibility index (Phi) is 5.15. The summed E-state index contributed by atoms with van der Waals surface area (Å²) in [4.78, 5) is 15.9. The van der Waals surface area contributed by atoms with Gasteiger partial charge in [0.25, 0.3) is 0 Å². The van der Waals surface area contributed by atoms with Crippen molar-refractivity contribution in [2.75, 3.05) is 13.6 Å². The van der Waals surface area contributed by atoms with Gasteiger partial charge in [0.1, 0.15) is 0 Å². The maximum absolute atomic E-state index is 11.8. The zero-order chi connectivity index (χ0) is 16.9. The van der Waals surface area contributed by atoms with Crippen LogP contribution >= 0.6 is 0 Å². The molecule has 23 heavy (non-hydrogen) atoms. The molecule has 0 unspecified atom stereocenters. The molecule has 0 fully saturated rings. The summed E-state index contributed by atoms with van der Waals surface area (Å²) >= 11 is 0. The van der Waals surface area contributed by atoms with E-state index >= 15 is 0 Å². The fourth-order valence-corrected chi connectivity index (χ4v) is 2.02. The molecule has 0 atom stereocenters. The average molecular weight is 317 g/mol. The first kappa shape index (κ1) is 16.7. The van der Waals surface area contributed by atoms with Crippen molar-refractivity contribution in [1.82, 2.24) is 30.5 Å². The number of fused-ring (bicyclic) bond motifs is 1. The average Bonchev–Trinajstić information content (AvgIpc) is 2.89. The highest BCUT2D eigenvalue weighted by Crippen LogP contribution is 2.02. The van der Waals surface area contributed by atoms with Gasteiger partial charge in [-0.15, -0.1) is 10.2 Å². The van der Waals surface area contributed by atoms with E-state index in [1.807, 2.05) is 49.6 Å². The molecule has 2 rings (SSSR count). The molecule has 2 aromatic rings. The van der Waals surface area contributed by atoms with Crippen molar-refractivity contribution >= 4 is 17.5 Å². The summed E-state index contributed by atoms with van der Waals surface area (Å²) in [6, 6.07) is 5.72. The largest absolute Gasteiger partial charge is 0.350 e. The first-order chi connectivity index (χ1) is 10.9. The number of aliphatic imine (C=N–C) groups is 1. The van der Waals surface area contributed by atoms with Crippen LogP contribution in [0.25, 0.3) is 5.65 Å². The van der Waals surface area contributed by atoms with Crippen LogP contribution in [0.5, 0.6) is 0 Å². The van der Waals surface area contributed by atoms with Gasteiger partial charge in [0.2, 0.25) is 5.91 Å². The number of carbonyl (C=O) groups excluding carboxylic acids is 1. The number of carbonyl (C=O) groups is 1. The number of hydrogen-bond acceptors (Lipinski definition) is 4. The number of nitrogens with zero attached hydrogens (tertiary/aromatic N) is 4. The van der Waals surface area contributed by atoms with E-state index in [-0.39, 0.29) is 18.0 Å². The molecule has 8 nitrogen and oxygen atoms in total. The lowest BCUT2D eigenvalue weighted by Crippen LogP contribution is -2.48. The topological polar surface area (TPSA) is 95.7 Å². The second-order valence-corrected chi connectivity index (χ2v) is 6.12. The van der Waals surface area contributed by atoms with Gasteiger partial charge in [-0.2, -0.15) is 0 Å². The first-order valence-electron chi connectivity index (χ1n) is 7.43. The molecule has 0 saturated heterocycles. The van der Waals surface area contributed by atoms with Gasteiger partial charge >= 0.3 is 0 Å². The van der Waals surface area contributed by atoms with Crippen LogP contribution < -0.4 is 16.0 Å². The highest BCUT2D eigenvalue weighted by molar-refractivity contribution is 5.86. The minimum atomic E-state index is -0.254. The van der Waals surface area contributed by atoms with E-state index in [0.29, 0.717) is 12.5 Å². The van der Waals surface area contributed by atoms with Crippen LogP contribution in [-0.4, -0.2) is 45.6 Å². The number of hydrogen-bond donors (Lipinski definition) is 3. The molecule has 8 heteroatoms. The second kappa shape index (κ2) is 7.08. The maximum Gasteiger partial charge on any atom is 0.239 e. The molecular formula is C15H23N7O. The fourth-order valence-electron chi connectivity index (χ4n) is 2.02. The van der Waals surface area contributed by atoms with Crippen molar-refractivity contribution in [1.29, 1.82) is 0 Å². The predicted molar refractivity (Wildman–Crippen MR) is 89.1 cm³/mol. The maximum atomic E-state index is 11.8. The number of amides is 1. The molecule has 0 bridgehead atoms. The summed E-state index contributed by atoms with van der Waals surface area (Å²) in [5, 5.41) is 17.2. The highest BCUT2D eigenvalue weighted by atomic mass is 16.2. The third-order valence-electron chi connectivity index (χ3n) is 2.95. The molecule has 2 heterocycles. The van der Waals surface area contributed by atoms with Crippen LogP contribution in [0.1, 0.15) is 26.6 Å². The molecule has 0 radical (unpaired) electrons. The van der Waals surface area contributed by atoms with Gasteiger partial charge < -0.3 is 16.0 Å². The molecule has 0 spiro atoms. The molecule has 0 aromatic carbocycles. The molecule has 3 N–H and O–H groups in total. The van der Waals surface area contributed by atoms with Gasteiger partial charge in [0.15, 0.2) is 17.4 Å². The van der Waals surface area contributed by atoms with Gasteiger partial charge in [-0.25, -0.2) is 0 Å². The van der Waals surface area contributed by atoms with Gasteiger partial charge in [-0.3, -0.25) is 14.2 Å². The van der Waals surface area contributed by atoms with E-state index in [1.54, 1.807) is 7.05 Å². The van der Waals surface area contributed by atoms with Gasteiger partial charge in [0, 0.05) is 18.8 Å². The highest BCUT2D eigenvalue weighted by Gasteiger charge is 2.13. The number of aromatic nitrogens is 3. The molecule has 2 aromatic heterocycles. The lowest BCUT2D eigenvalue weighted by Gasteiger charge is -2.21. The monoisotopic (exact) mass is 317 g/mol. The Bertz CT molecular complexity index is 699. The molecule has 0 aliphatic heterocycles. The number of guanidine groups is 1. The minimum absolute atomic E-state index is 0.0895. The van der Waals surface area contributed by atoms with Crippen molar-refractivity contribution in [3.8, 4) is 0 Å². The Morgan fingerprint density at radius 1 is 1.26 bits per heavy atom. The van der Waals surface area contributed by atoms with E-state index in [0.717, 1.165) is 11.5 Å². The summed E-state index contributed by atoms with van der Waals surface area (Å²) in [5.74, 6) is 1.21. The van der Waals surface area contributed by atoms with Crippen LogP contribution in [-0.2, 0) is 11.3 Å². The Morgan fingerprint density at radius 3 is 2.74 bits per heavy atom. The summed E-state index contributed by atoms with van der Waals surface area (Å²) in [6.45, 7) is 6.42. The lowest BCUT2D eigenvalue weighted by atomic mass is 10.1. The SMILES string of the molecule is CN=C(NCC(=O)NC(C)(C)C)NCc1nnc2ccccn12. The van der Waals surface area contributed by atoms with Crippen molar-refractivity contribution in [3.05, 3.63) is 30.2 Å². The zero-order valence-corrected chi connectivity index (χ0v) is 13.9. The molecule has 0 saturated carbocycles. The zero-order valence-electron chi connectivity index (χ0n) is 13.9. The van der Waals surface area contributed by atoms with Crippen LogP contribution in [0.4, 0.5) is 0 Å². The molecule has 124 valence electrons. The second-order valence-electron chi connectivity index (χ2n) is 6.12. The Hall–Kier alpha value is -2.64. The number of nitrogens with one attached hydrogen (secondary N) is 3. The predicted octanol–water partition coefficient (Wildman–Crippen LogP) is 0.309. The summed E-state index contributed by atoms with van der Waals surface area (Å²) in [6.07, 6.45) is 1.90. The third-order valence-corrected chi connectivity index (χ3v) is 2.95. The fraction of sp³-hybridized carbons (Fsp3) is 0.467. The van der Waals surface area contributed by atoms with E-state index in [9.17, 15) is 4.79 Å². The summed E-state index contributed by atoms with van der Waals surface area (Å²) < 4.78 is 1.90. The van der Waals surface area contributed by atoms with Gasteiger partial charge in [-0.05, 0) is 32.9 Å². The standard InChI is InChI=1S/C15H23N7O/c1-15(2,3)19-13(23)10-18-14(16-4)17-9-12-21-20-11-7-5-6-8-22(11)12/h5-8H,9-10H2,1-4H3,(H,19,23)(H2,16,17,18). The van der Waals surface area contributed by atoms with E-state index in [4.69, 9.17) is 0 Å². The Morgan fingerprint density at radius 2 is 2.04 bits per heavy atom. The van der Waals surface area contributed by atoms with Crippen molar-refractivity contribution in [2.45, 2.75) is 32.9 Å². The molecule has 0 aliphatic carbocycles. The summed E-state index contributed by atoms with van der Waals surface area (Å²) in [5.41, 5.74) is 0.535.